The van der Waals surface area contributed by atoms with E-state index in [0.29, 0.717) is 5.92 Å². The SMILES string of the molecule is O.[CH2-]C(CC)CCCC(C)CCCC(C)C.[Y]. The van der Waals surface area contributed by atoms with E-state index in [4.69, 9.17) is 0 Å². The molecule has 0 aromatic heterocycles. The van der Waals surface area contributed by atoms with Gasteiger partial charge in [-0.25, -0.2) is 0 Å². The largest absolute Gasteiger partial charge is 0.412 e. The van der Waals surface area contributed by atoms with Gasteiger partial charge in [-0.2, -0.15) is 5.92 Å². The normalized spacial score (nSPS) is 13.8. The summed E-state index contributed by atoms with van der Waals surface area (Å²) in [6.45, 7) is 13.4. The van der Waals surface area contributed by atoms with Gasteiger partial charge in [0, 0.05) is 32.7 Å². The minimum Gasteiger partial charge on any atom is -0.412 e. The van der Waals surface area contributed by atoms with Gasteiger partial charge in [-0.05, 0) is 11.8 Å². The van der Waals surface area contributed by atoms with Crippen molar-refractivity contribution in [3.05, 3.63) is 6.92 Å². The second-order valence-corrected chi connectivity index (χ2v) is 5.64. The first-order chi connectivity index (χ1) is 7.06. The Bertz CT molecular complexity index is 137. The predicted molar refractivity (Wildman–Crippen MR) is 74.5 cm³/mol. The van der Waals surface area contributed by atoms with E-state index in [1.165, 1.54) is 44.9 Å². The van der Waals surface area contributed by atoms with Crippen molar-refractivity contribution in [2.45, 2.75) is 72.6 Å². The molecule has 0 saturated heterocycles. The molecule has 0 aliphatic rings. The van der Waals surface area contributed by atoms with Crippen molar-refractivity contribution in [2.75, 3.05) is 0 Å². The summed E-state index contributed by atoms with van der Waals surface area (Å²) in [4.78, 5) is 0. The maximum atomic E-state index is 4.14. The smallest absolute Gasteiger partial charge is 0 e. The summed E-state index contributed by atoms with van der Waals surface area (Å²) in [6, 6.07) is 0. The van der Waals surface area contributed by atoms with Gasteiger partial charge in [0.1, 0.15) is 0 Å². The summed E-state index contributed by atoms with van der Waals surface area (Å²) in [5.74, 6) is 2.49. The van der Waals surface area contributed by atoms with Gasteiger partial charge < -0.3 is 12.4 Å². The Labute approximate surface area is 135 Å². The fraction of sp³-hybridized carbons (Fsp3) is 0.933. The van der Waals surface area contributed by atoms with Crippen molar-refractivity contribution in [1.82, 2.24) is 0 Å². The molecule has 1 radical (unpaired) electrons. The van der Waals surface area contributed by atoms with E-state index in [-0.39, 0.29) is 38.2 Å². The molecule has 0 aliphatic heterocycles. The van der Waals surface area contributed by atoms with Crippen LogP contribution in [-0.2, 0) is 32.7 Å². The molecule has 0 aliphatic carbocycles. The van der Waals surface area contributed by atoms with Crippen LogP contribution in [0.15, 0.2) is 0 Å². The molecule has 0 spiro atoms. The second-order valence-electron chi connectivity index (χ2n) is 5.64. The van der Waals surface area contributed by atoms with Crippen LogP contribution in [0.5, 0.6) is 0 Å². The first-order valence-electron chi connectivity index (χ1n) is 6.89. The number of hydrogen-bond acceptors (Lipinski definition) is 0. The molecule has 0 aromatic rings. The van der Waals surface area contributed by atoms with Gasteiger partial charge in [0.2, 0.25) is 0 Å². The van der Waals surface area contributed by atoms with E-state index in [9.17, 15) is 0 Å². The Morgan fingerprint density at radius 1 is 0.882 bits per heavy atom. The molecule has 2 unspecified atom stereocenters. The van der Waals surface area contributed by atoms with Gasteiger partial charge >= 0.3 is 0 Å². The van der Waals surface area contributed by atoms with E-state index < -0.39 is 0 Å². The van der Waals surface area contributed by atoms with Crippen LogP contribution in [0.1, 0.15) is 72.6 Å². The fourth-order valence-electron chi connectivity index (χ4n) is 1.98. The van der Waals surface area contributed by atoms with Gasteiger partial charge in [0.15, 0.2) is 0 Å². The van der Waals surface area contributed by atoms with Crippen molar-refractivity contribution in [1.29, 1.82) is 0 Å². The molecule has 0 saturated carbocycles. The van der Waals surface area contributed by atoms with Crippen molar-refractivity contribution >= 4 is 0 Å². The molecule has 0 bridgehead atoms. The van der Waals surface area contributed by atoms with Crippen LogP contribution >= 0.6 is 0 Å². The maximum absolute atomic E-state index is 4.14. The van der Waals surface area contributed by atoms with Gasteiger partial charge in [0.25, 0.3) is 0 Å². The number of rotatable bonds is 9. The zero-order chi connectivity index (χ0) is 11.7. The van der Waals surface area contributed by atoms with Crippen LogP contribution in [-0.4, -0.2) is 5.48 Å². The number of hydrogen-bond donors (Lipinski definition) is 0. The average molecular weight is 318 g/mol. The first kappa shape index (κ1) is 23.2. The topological polar surface area (TPSA) is 31.5 Å². The van der Waals surface area contributed by atoms with Gasteiger partial charge in [0.05, 0.1) is 0 Å². The molecule has 0 fully saturated rings. The Morgan fingerprint density at radius 2 is 1.35 bits per heavy atom. The monoisotopic (exact) mass is 318 g/mol. The van der Waals surface area contributed by atoms with E-state index in [0.717, 1.165) is 11.8 Å². The predicted octanol–water partition coefficient (Wildman–Crippen LogP) is 4.65. The fourth-order valence-corrected chi connectivity index (χ4v) is 1.98. The molecule has 1 nitrogen and oxygen atoms in total. The third-order valence-electron chi connectivity index (χ3n) is 3.37. The molecule has 103 valence electrons. The van der Waals surface area contributed by atoms with Crippen LogP contribution in [0.2, 0.25) is 0 Å². The van der Waals surface area contributed by atoms with E-state index in [1.54, 1.807) is 0 Å². The van der Waals surface area contributed by atoms with Crippen LogP contribution < -0.4 is 0 Å². The molecule has 0 heterocycles. The summed E-state index contributed by atoms with van der Waals surface area (Å²) < 4.78 is 0. The maximum Gasteiger partial charge on any atom is 0 e. The molecule has 2 N–H and O–H groups in total. The zero-order valence-corrected chi connectivity index (χ0v) is 15.3. The Hall–Kier alpha value is 1.06. The first-order valence-corrected chi connectivity index (χ1v) is 6.89. The third kappa shape index (κ3) is 17.1. The molecule has 0 rings (SSSR count). The molecule has 0 amide bonds. The molecule has 2 atom stereocenters. The summed E-state index contributed by atoms with van der Waals surface area (Å²) in [5.41, 5.74) is 0. The van der Waals surface area contributed by atoms with Crippen molar-refractivity contribution < 1.29 is 38.2 Å². The summed E-state index contributed by atoms with van der Waals surface area (Å²) in [7, 11) is 0. The van der Waals surface area contributed by atoms with E-state index in [1.807, 2.05) is 0 Å². The quantitative estimate of drug-likeness (QED) is 0.554. The molecule has 0 aromatic carbocycles. The van der Waals surface area contributed by atoms with Gasteiger partial charge in [-0.15, -0.1) is 0 Å². The summed E-state index contributed by atoms with van der Waals surface area (Å²) >= 11 is 0. The van der Waals surface area contributed by atoms with E-state index >= 15 is 0 Å². The van der Waals surface area contributed by atoms with Gasteiger partial charge in [-0.1, -0.05) is 72.6 Å². The summed E-state index contributed by atoms with van der Waals surface area (Å²) in [5, 5.41) is 0. The second kappa shape index (κ2) is 15.1. The zero-order valence-electron chi connectivity index (χ0n) is 12.5. The van der Waals surface area contributed by atoms with Crippen molar-refractivity contribution in [3.8, 4) is 0 Å². The molecule has 17 heavy (non-hydrogen) atoms. The van der Waals surface area contributed by atoms with Crippen LogP contribution in [0, 0.1) is 24.7 Å². The van der Waals surface area contributed by atoms with Crippen molar-refractivity contribution in [3.63, 3.8) is 0 Å². The molecule has 2 heteroatoms. The molecular weight excluding hydrogens is 285 g/mol. The molecular formula is C15H33OY-. The standard InChI is InChI=1S/C15H31.H2O.Y/c1-6-14(4)10-8-12-15(5)11-7-9-13(2)3;;/h13-15H,4,6-12H2,1-3,5H3;1H2;/q-1;;. The third-order valence-corrected chi connectivity index (χ3v) is 3.37. The van der Waals surface area contributed by atoms with Crippen molar-refractivity contribution in [2.24, 2.45) is 17.8 Å². The van der Waals surface area contributed by atoms with E-state index in [2.05, 4.69) is 34.6 Å². The van der Waals surface area contributed by atoms with Gasteiger partial charge in [-0.3, -0.25) is 0 Å². The minimum absolute atomic E-state index is 0. The van der Waals surface area contributed by atoms with Crippen LogP contribution in [0.25, 0.3) is 0 Å². The van der Waals surface area contributed by atoms with Crippen LogP contribution in [0.4, 0.5) is 0 Å². The van der Waals surface area contributed by atoms with Crippen LogP contribution in [0.3, 0.4) is 0 Å². The minimum atomic E-state index is 0. The Balaban J connectivity index is -0.000000980. The Kier molecular flexibility index (Phi) is 20.6. The average Bonchev–Trinajstić information content (AvgIpc) is 2.17. The summed E-state index contributed by atoms with van der Waals surface area (Å²) in [6.07, 6.45) is 9.59. The Morgan fingerprint density at radius 3 is 1.76 bits per heavy atom.